The zero-order chi connectivity index (χ0) is 12.0. The van der Waals surface area contributed by atoms with Crippen LogP contribution in [0.25, 0.3) is 0 Å². The summed E-state index contributed by atoms with van der Waals surface area (Å²) in [4.78, 5) is 16.9. The molecule has 1 atom stereocenters. The number of piperazine rings is 1. The molecule has 6 heteroatoms. The molecule has 0 aromatic rings. The summed E-state index contributed by atoms with van der Waals surface area (Å²) in [6.07, 6.45) is 0.929. The average Bonchev–Trinajstić information content (AvgIpc) is 2.28. The van der Waals surface area contributed by atoms with Crippen molar-refractivity contribution in [3.05, 3.63) is 0 Å². The number of nitrogens with one attached hydrogen (secondary N) is 1. The van der Waals surface area contributed by atoms with E-state index >= 15 is 0 Å². The van der Waals surface area contributed by atoms with Gasteiger partial charge >= 0.3 is 5.97 Å². The third-order valence-electron chi connectivity index (χ3n) is 2.61. The van der Waals surface area contributed by atoms with Crippen LogP contribution < -0.4 is 11.1 Å². The minimum atomic E-state index is -1.02. The summed E-state index contributed by atoms with van der Waals surface area (Å²) < 4.78 is 0. The van der Waals surface area contributed by atoms with E-state index in [-0.39, 0.29) is 6.61 Å². The van der Waals surface area contributed by atoms with Gasteiger partial charge in [-0.05, 0) is 19.8 Å². The first kappa shape index (κ1) is 13.4. The molecule has 0 aromatic heterocycles. The maximum absolute atomic E-state index is 11.7. The van der Waals surface area contributed by atoms with Gasteiger partial charge in [0.05, 0.1) is 0 Å². The van der Waals surface area contributed by atoms with Crippen molar-refractivity contribution in [2.75, 3.05) is 32.8 Å². The number of hydrogen-bond acceptors (Lipinski definition) is 6. The molecule has 0 radical (unpaired) electrons. The first-order valence-electron chi connectivity index (χ1n) is 5.64. The second kappa shape index (κ2) is 6.15. The number of aliphatic hydroxyl groups is 1. The average molecular weight is 231 g/mol. The highest BCUT2D eigenvalue weighted by atomic mass is 16.7. The molecule has 0 spiro atoms. The Morgan fingerprint density at radius 3 is 2.75 bits per heavy atom. The van der Waals surface area contributed by atoms with Gasteiger partial charge in [-0.1, -0.05) is 0 Å². The highest BCUT2D eigenvalue weighted by Gasteiger charge is 2.31. The Morgan fingerprint density at radius 2 is 2.19 bits per heavy atom. The molecule has 16 heavy (non-hydrogen) atoms. The van der Waals surface area contributed by atoms with Crippen molar-refractivity contribution in [1.82, 2.24) is 10.4 Å². The highest BCUT2D eigenvalue weighted by molar-refractivity contribution is 5.79. The SMILES string of the molecule is CC(N)(CCCO)C(=O)ON1CCNCC1. The van der Waals surface area contributed by atoms with E-state index in [2.05, 4.69) is 5.32 Å². The summed E-state index contributed by atoms with van der Waals surface area (Å²) in [5.41, 5.74) is 4.82. The quantitative estimate of drug-likeness (QED) is 0.553. The van der Waals surface area contributed by atoms with Crippen LogP contribution in [0.15, 0.2) is 0 Å². The second-order valence-electron chi connectivity index (χ2n) is 4.30. The van der Waals surface area contributed by atoms with E-state index in [1.54, 1.807) is 12.0 Å². The molecule has 0 bridgehead atoms. The van der Waals surface area contributed by atoms with Crippen molar-refractivity contribution < 1.29 is 14.7 Å². The van der Waals surface area contributed by atoms with Gasteiger partial charge in [0, 0.05) is 32.8 Å². The lowest BCUT2D eigenvalue weighted by molar-refractivity contribution is -0.199. The van der Waals surface area contributed by atoms with Crippen LogP contribution in [-0.2, 0) is 9.63 Å². The molecule has 0 amide bonds. The van der Waals surface area contributed by atoms with E-state index in [4.69, 9.17) is 15.7 Å². The Morgan fingerprint density at radius 1 is 1.56 bits per heavy atom. The molecule has 1 rings (SSSR count). The number of carbonyl (C=O) groups excluding carboxylic acids is 1. The fraction of sp³-hybridized carbons (Fsp3) is 0.900. The van der Waals surface area contributed by atoms with Gasteiger partial charge in [-0.2, -0.15) is 0 Å². The van der Waals surface area contributed by atoms with Crippen molar-refractivity contribution in [3.8, 4) is 0 Å². The van der Waals surface area contributed by atoms with Crippen LogP contribution in [0.5, 0.6) is 0 Å². The van der Waals surface area contributed by atoms with Crippen molar-refractivity contribution in [3.63, 3.8) is 0 Å². The summed E-state index contributed by atoms with van der Waals surface area (Å²) >= 11 is 0. The lowest BCUT2D eigenvalue weighted by Gasteiger charge is -2.29. The van der Waals surface area contributed by atoms with Crippen LogP contribution in [0.1, 0.15) is 19.8 Å². The van der Waals surface area contributed by atoms with Gasteiger partial charge in [-0.25, -0.2) is 4.79 Å². The molecule has 0 aromatic carbocycles. The number of aliphatic hydroxyl groups excluding tert-OH is 1. The fourth-order valence-corrected chi connectivity index (χ4v) is 1.51. The van der Waals surface area contributed by atoms with Crippen LogP contribution in [0.4, 0.5) is 0 Å². The molecule has 94 valence electrons. The van der Waals surface area contributed by atoms with Gasteiger partial charge in [0.1, 0.15) is 5.54 Å². The van der Waals surface area contributed by atoms with Gasteiger partial charge in [0.2, 0.25) is 0 Å². The van der Waals surface area contributed by atoms with Crippen LogP contribution >= 0.6 is 0 Å². The van der Waals surface area contributed by atoms with Gasteiger partial charge in [-0.3, -0.25) is 0 Å². The van der Waals surface area contributed by atoms with E-state index in [1.165, 1.54) is 0 Å². The molecule has 1 aliphatic heterocycles. The van der Waals surface area contributed by atoms with Crippen molar-refractivity contribution >= 4 is 5.97 Å². The number of rotatable bonds is 5. The zero-order valence-electron chi connectivity index (χ0n) is 9.74. The Balaban J connectivity index is 2.36. The molecule has 1 saturated heterocycles. The van der Waals surface area contributed by atoms with Crippen LogP contribution in [0, 0.1) is 0 Å². The highest BCUT2D eigenvalue weighted by Crippen LogP contribution is 2.12. The monoisotopic (exact) mass is 231 g/mol. The van der Waals surface area contributed by atoms with E-state index in [0.717, 1.165) is 13.1 Å². The van der Waals surface area contributed by atoms with Crippen molar-refractivity contribution in [1.29, 1.82) is 0 Å². The van der Waals surface area contributed by atoms with Crippen molar-refractivity contribution in [2.45, 2.75) is 25.3 Å². The molecular formula is C10H21N3O3. The summed E-state index contributed by atoms with van der Waals surface area (Å²) in [5, 5.41) is 13.5. The van der Waals surface area contributed by atoms with Gasteiger partial charge in [0.25, 0.3) is 0 Å². The maximum atomic E-state index is 11.7. The smallest absolute Gasteiger partial charge is 0.344 e. The largest absolute Gasteiger partial charge is 0.396 e. The molecule has 4 N–H and O–H groups in total. The van der Waals surface area contributed by atoms with Gasteiger partial charge in [0.15, 0.2) is 0 Å². The summed E-state index contributed by atoms with van der Waals surface area (Å²) in [6, 6.07) is 0. The first-order chi connectivity index (χ1) is 7.56. The number of carbonyl (C=O) groups is 1. The predicted octanol–water partition coefficient (Wildman–Crippen LogP) is -1.16. The minimum absolute atomic E-state index is 0.0354. The normalized spacial score (nSPS) is 21.4. The topological polar surface area (TPSA) is 87.8 Å². The second-order valence-corrected chi connectivity index (χ2v) is 4.30. The molecule has 6 nitrogen and oxygen atoms in total. The number of nitrogens with zero attached hydrogens (tertiary/aromatic N) is 1. The molecule has 0 saturated carbocycles. The molecular weight excluding hydrogens is 210 g/mol. The summed E-state index contributed by atoms with van der Waals surface area (Å²) in [7, 11) is 0. The van der Waals surface area contributed by atoms with Gasteiger partial charge < -0.3 is 21.0 Å². The molecule has 1 fully saturated rings. The standard InChI is InChI=1S/C10H21N3O3/c1-10(11,3-2-8-14)9(15)16-13-6-4-12-5-7-13/h12,14H,2-8,11H2,1H3. The van der Waals surface area contributed by atoms with E-state index in [0.29, 0.717) is 25.9 Å². The Labute approximate surface area is 95.7 Å². The third-order valence-corrected chi connectivity index (χ3v) is 2.61. The lowest BCUT2D eigenvalue weighted by atomic mass is 9.98. The summed E-state index contributed by atoms with van der Waals surface area (Å²) in [6.45, 7) is 4.65. The third kappa shape index (κ3) is 4.05. The van der Waals surface area contributed by atoms with Gasteiger partial charge in [-0.15, -0.1) is 5.06 Å². The molecule has 1 unspecified atom stereocenters. The molecule has 1 heterocycles. The zero-order valence-corrected chi connectivity index (χ0v) is 9.74. The Hall–Kier alpha value is -0.690. The fourth-order valence-electron chi connectivity index (χ4n) is 1.51. The Bertz CT molecular complexity index is 227. The minimum Gasteiger partial charge on any atom is -0.396 e. The van der Waals surface area contributed by atoms with Crippen LogP contribution in [-0.4, -0.2) is 54.5 Å². The first-order valence-corrected chi connectivity index (χ1v) is 5.64. The lowest BCUT2D eigenvalue weighted by Crippen LogP contribution is -2.51. The molecule has 1 aliphatic rings. The number of hydrogen-bond donors (Lipinski definition) is 3. The number of hydroxylamine groups is 2. The molecule has 0 aliphatic carbocycles. The maximum Gasteiger partial charge on any atom is 0.344 e. The number of nitrogens with two attached hydrogens (primary N) is 1. The summed E-state index contributed by atoms with van der Waals surface area (Å²) in [5.74, 6) is -0.428. The predicted molar refractivity (Wildman–Crippen MR) is 59.4 cm³/mol. The van der Waals surface area contributed by atoms with Crippen LogP contribution in [0.2, 0.25) is 0 Å². The Kier molecular flexibility index (Phi) is 5.14. The van der Waals surface area contributed by atoms with E-state index < -0.39 is 11.5 Å². The van der Waals surface area contributed by atoms with Crippen molar-refractivity contribution in [2.24, 2.45) is 5.73 Å². The van der Waals surface area contributed by atoms with E-state index in [1.807, 2.05) is 0 Å². The van der Waals surface area contributed by atoms with Crippen LogP contribution in [0.3, 0.4) is 0 Å². The van der Waals surface area contributed by atoms with E-state index in [9.17, 15) is 4.79 Å².